The number of aromatic nitrogens is 1. The Bertz CT molecular complexity index is 696. The first kappa shape index (κ1) is 14.2. The Labute approximate surface area is 120 Å². The molecule has 0 amide bonds. The molecule has 0 atom stereocenters. The summed E-state index contributed by atoms with van der Waals surface area (Å²) in [6, 6.07) is 11.4. The molecule has 0 unspecified atom stereocenters. The molecule has 1 aromatic carbocycles. The van der Waals surface area contributed by atoms with Crippen molar-refractivity contribution >= 4 is 23.5 Å². The lowest BCUT2D eigenvalue weighted by Crippen LogP contribution is -2.30. The molecule has 5 nitrogen and oxygen atoms in total. The number of anilines is 1. The number of aryl methyl sites for hydroxylation is 1. The van der Waals surface area contributed by atoms with Crippen molar-refractivity contribution in [1.29, 1.82) is 0 Å². The van der Waals surface area contributed by atoms with Crippen LogP contribution in [0.15, 0.2) is 46.1 Å². The van der Waals surface area contributed by atoms with Gasteiger partial charge in [0.25, 0.3) is 5.56 Å². The van der Waals surface area contributed by atoms with E-state index in [0.29, 0.717) is 20.9 Å². The minimum Gasteiger partial charge on any atom is -0.464 e. The van der Waals surface area contributed by atoms with Gasteiger partial charge in [0.05, 0.1) is 0 Å². The summed E-state index contributed by atoms with van der Waals surface area (Å²) in [6.45, 7) is 1.57. The largest absolute Gasteiger partial charge is 0.464 e. The van der Waals surface area contributed by atoms with Gasteiger partial charge in [-0.1, -0.05) is 30.3 Å². The van der Waals surface area contributed by atoms with Crippen LogP contribution in [0, 0.1) is 6.92 Å². The van der Waals surface area contributed by atoms with Gasteiger partial charge in [-0.15, -0.1) is 11.8 Å². The average molecular weight is 290 g/mol. The summed E-state index contributed by atoms with van der Waals surface area (Å²) >= 11 is 1.42. The van der Waals surface area contributed by atoms with Crippen molar-refractivity contribution in [1.82, 2.24) is 4.57 Å². The van der Waals surface area contributed by atoms with E-state index >= 15 is 0 Å². The minimum atomic E-state index is -1.32. The number of carbonyl (C=O) groups is 1. The lowest BCUT2D eigenvalue weighted by molar-refractivity contribution is 0.194. The fourth-order valence-electron chi connectivity index (χ4n) is 1.81. The summed E-state index contributed by atoms with van der Waals surface area (Å²) in [5, 5.41) is 8.97. The molecule has 0 saturated carbocycles. The molecule has 0 fully saturated rings. The van der Waals surface area contributed by atoms with Gasteiger partial charge in [0.2, 0.25) is 0 Å². The molecule has 104 valence electrons. The first-order valence-electron chi connectivity index (χ1n) is 5.93. The average Bonchev–Trinajstić information content (AvgIpc) is 2.42. The van der Waals surface area contributed by atoms with Gasteiger partial charge in [-0.3, -0.25) is 4.79 Å². The van der Waals surface area contributed by atoms with E-state index in [1.807, 2.05) is 30.3 Å². The van der Waals surface area contributed by atoms with Gasteiger partial charge in [-0.25, -0.2) is 9.36 Å². The van der Waals surface area contributed by atoms with Gasteiger partial charge in [-0.05, 0) is 18.6 Å². The van der Waals surface area contributed by atoms with Crippen LogP contribution in [-0.2, 0) is 5.75 Å². The second-order valence-electron chi connectivity index (χ2n) is 4.26. The maximum Gasteiger partial charge on any atom is 0.418 e. The van der Waals surface area contributed by atoms with Gasteiger partial charge in [0.15, 0.2) is 0 Å². The smallest absolute Gasteiger partial charge is 0.418 e. The van der Waals surface area contributed by atoms with Crippen LogP contribution in [0.25, 0.3) is 0 Å². The minimum absolute atomic E-state index is 0.0288. The van der Waals surface area contributed by atoms with Gasteiger partial charge in [-0.2, -0.15) is 0 Å². The summed E-state index contributed by atoms with van der Waals surface area (Å²) < 4.78 is 0.655. The second kappa shape index (κ2) is 5.83. The summed E-state index contributed by atoms with van der Waals surface area (Å²) in [5.41, 5.74) is 6.48. The molecule has 0 bridgehead atoms. The zero-order valence-electron chi connectivity index (χ0n) is 10.9. The summed E-state index contributed by atoms with van der Waals surface area (Å²) in [5.74, 6) is 0.668. The van der Waals surface area contributed by atoms with E-state index in [9.17, 15) is 9.59 Å². The number of thioether (sulfide) groups is 1. The summed E-state index contributed by atoms with van der Waals surface area (Å²) in [4.78, 5) is 23.5. The third kappa shape index (κ3) is 2.85. The number of carboxylic acid groups (broad SMARTS) is 1. The molecule has 0 aliphatic heterocycles. The second-order valence-corrected chi connectivity index (χ2v) is 5.28. The van der Waals surface area contributed by atoms with Crippen molar-refractivity contribution < 1.29 is 9.90 Å². The molecule has 0 aliphatic carbocycles. The van der Waals surface area contributed by atoms with Crippen molar-refractivity contribution in [2.75, 3.05) is 5.73 Å². The van der Waals surface area contributed by atoms with E-state index in [1.165, 1.54) is 11.8 Å². The third-order valence-corrected chi connectivity index (χ3v) is 3.95. The number of rotatable bonds is 3. The van der Waals surface area contributed by atoms with Crippen LogP contribution in [0.5, 0.6) is 0 Å². The lowest BCUT2D eigenvalue weighted by atomic mass is 10.2. The van der Waals surface area contributed by atoms with Gasteiger partial charge < -0.3 is 10.8 Å². The topological polar surface area (TPSA) is 85.3 Å². The van der Waals surface area contributed by atoms with Gasteiger partial charge in [0, 0.05) is 16.3 Å². The fraction of sp³-hybridized carbons (Fsp3) is 0.143. The van der Waals surface area contributed by atoms with E-state index in [0.717, 1.165) is 5.56 Å². The molecular formula is C14H14N2O3S. The number of nitrogen functional groups attached to an aromatic ring is 1. The SMILES string of the molecule is Cc1cc(SCc2ccccc2)c(N)c(=O)n1C(=O)O. The molecule has 1 heterocycles. The molecule has 2 rings (SSSR count). The predicted octanol–water partition coefficient (Wildman–Crippen LogP) is 2.56. The Morgan fingerprint density at radius 2 is 2.00 bits per heavy atom. The van der Waals surface area contributed by atoms with Crippen molar-refractivity contribution in [3.05, 3.63) is 58.0 Å². The lowest BCUT2D eigenvalue weighted by Gasteiger charge is -2.10. The highest BCUT2D eigenvalue weighted by Gasteiger charge is 2.14. The van der Waals surface area contributed by atoms with Crippen LogP contribution >= 0.6 is 11.8 Å². The highest BCUT2D eigenvalue weighted by molar-refractivity contribution is 7.98. The number of benzene rings is 1. The maximum atomic E-state index is 11.9. The summed E-state index contributed by atoms with van der Waals surface area (Å²) in [6.07, 6.45) is -1.32. The highest BCUT2D eigenvalue weighted by Crippen LogP contribution is 2.26. The quantitative estimate of drug-likeness (QED) is 0.848. The number of nitrogens with zero attached hydrogens (tertiary/aromatic N) is 1. The molecule has 0 radical (unpaired) electrons. The van der Waals surface area contributed by atoms with E-state index in [2.05, 4.69) is 0 Å². The van der Waals surface area contributed by atoms with Crippen molar-refractivity contribution in [2.24, 2.45) is 0 Å². The zero-order chi connectivity index (χ0) is 14.7. The molecule has 2 aromatic rings. The molecule has 0 saturated heterocycles. The fourth-order valence-corrected chi connectivity index (χ4v) is 2.82. The molecule has 0 aliphatic rings. The number of nitrogens with two attached hydrogens (primary N) is 1. The Morgan fingerprint density at radius 1 is 1.35 bits per heavy atom. The van der Waals surface area contributed by atoms with E-state index in [1.54, 1.807) is 13.0 Å². The van der Waals surface area contributed by atoms with Crippen molar-refractivity contribution in [3.63, 3.8) is 0 Å². The van der Waals surface area contributed by atoms with Crippen LogP contribution in [0.2, 0.25) is 0 Å². The van der Waals surface area contributed by atoms with Gasteiger partial charge >= 0.3 is 6.09 Å². The Hall–Kier alpha value is -2.21. The van der Waals surface area contributed by atoms with Crippen LogP contribution in [-0.4, -0.2) is 15.8 Å². The normalized spacial score (nSPS) is 10.4. The van der Waals surface area contributed by atoms with E-state index in [4.69, 9.17) is 10.8 Å². The van der Waals surface area contributed by atoms with Crippen LogP contribution in [0.1, 0.15) is 11.3 Å². The molecule has 6 heteroatoms. The Balaban J connectivity index is 2.30. The zero-order valence-corrected chi connectivity index (χ0v) is 11.7. The Kier molecular flexibility index (Phi) is 4.14. The van der Waals surface area contributed by atoms with E-state index in [-0.39, 0.29) is 5.69 Å². The van der Waals surface area contributed by atoms with E-state index < -0.39 is 11.7 Å². The van der Waals surface area contributed by atoms with Crippen molar-refractivity contribution in [2.45, 2.75) is 17.6 Å². The molecule has 0 spiro atoms. The van der Waals surface area contributed by atoms with Crippen LogP contribution in [0.4, 0.5) is 10.5 Å². The van der Waals surface area contributed by atoms with Crippen LogP contribution in [0.3, 0.4) is 0 Å². The third-order valence-electron chi connectivity index (χ3n) is 2.82. The predicted molar refractivity (Wildman–Crippen MR) is 79.3 cm³/mol. The van der Waals surface area contributed by atoms with Crippen LogP contribution < -0.4 is 11.3 Å². The molecule has 3 N–H and O–H groups in total. The standard InChI is InChI=1S/C14H14N2O3S/c1-9-7-11(12(15)13(17)16(9)14(18)19)20-8-10-5-3-2-4-6-10/h2-7H,8,15H2,1H3,(H,18,19). The highest BCUT2D eigenvalue weighted by atomic mass is 32.2. The molecular weight excluding hydrogens is 276 g/mol. The van der Waals surface area contributed by atoms with Gasteiger partial charge in [0.1, 0.15) is 5.69 Å². The summed E-state index contributed by atoms with van der Waals surface area (Å²) in [7, 11) is 0. The first-order valence-corrected chi connectivity index (χ1v) is 6.91. The van der Waals surface area contributed by atoms with Crippen molar-refractivity contribution in [3.8, 4) is 0 Å². The maximum absolute atomic E-state index is 11.9. The number of hydrogen-bond donors (Lipinski definition) is 2. The Morgan fingerprint density at radius 3 is 2.60 bits per heavy atom. The molecule has 1 aromatic heterocycles. The number of hydrogen-bond acceptors (Lipinski definition) is 4. The monoisotopic (exact) mass is 290 g/mol. The first-order chi connectivity index (χ1) is 9.50. The molecule has 20 heavy (non-hydrogen) atoms. The number of pyridine rings is 1.